The van der Waals surface area contributed by atoms with Gasteiger partial charge in [0.15, 0.2) is 5.58 Å². The summed E-state index contributed by atoms with van der Waals surface area (Å²) >= 11 is 0. The van der Waals surface area contributed by atoms with Crippen LogP contribution in [0, 0.1) is 19.8 Å². The molecule has 0 spiro atoms. The number of fused-ring (bicyclic) bond motifs is 6. The zero-order chi connectivity index (χ0) is 37.8. The summed E-state index contributed by atoms with van der Waals surface area (Å²) in [7, 11) is 0. The number of allylic oxidation sites excluding steroid dienone is 12. The van der Waals surface area contributed by atoms with E-state index in [0.717, 1.165) is 65.4 Å². The number of furan rings is 1. The van der Waals surface area contributed by atoms with Gasteiger partial charge in [-0.1, -0.05) is 127 Å². The van der Waals surface area contributed by atoms with Gasteiger partial charge in [0, 0.05) is 28.1 Å². The van der Waals surface area contributed by atoms with Gasteiger partial charge in [-0.2, -0.15) is 0 Å². The molecule has 0 fully saturated rings. The van der Waals surface area contributed by atoms with Crippen LogP contribution in [-0.4, -0.2) is 0 Å². The third-order valence-electron chi connectivity index (χ3n) is 12.5. The van der Waals surface area contributed by atoms with Crippen LogP contribution in [0.15, 0.2) is 173 Å². The standard InChI is InChI=1S/C54H47NO/c1-35-16-6-4-9-22-44(35)48-33-41-29-28-39-30-31-43(34-49(39)53(41)52(37(48)3)45-23-11-10-17-36(45)2)55(42-21-14-20-40(32-42)38-18-7-5-8-19-38)50-26-15-25-47-46-24-12-13-27-51(46)56-54(47)50/h4-7,9-13,15-18,23-34,40H,8,14,19-22H2,1-3H3. The van der Waals surface area contributed by atoms with Crippen LogP contribution in [0.5, 0.6) is 0 Å². The number of para-hydroxylation sites is 2. The number of nitrogens with zero attached hydrogens (tertiary/aromatic N) is 1. The number of hydrogen-bond donors (Lipinski definition) is 0. The fourth-order valence-corrected chi connectivity index (χ4v) is 9.68. The van der Waals surface area contributed by atoms with Gasteiger partial charge >= 0.3 is 0 Å². The Labute approximate surface area is 330 Å². The van der Waals surface area contributed by atoms with Crippen molar-refractivity contribution >= 4 is 60.4 Å². The van der Waals surface area contributed by atoms with E-state index in [1.54, 1.807) is 5.57 Å². The molecular weight excluding hydrogens is 679 g/mol. The maximum absolute atomic E-state index is 6.77. The van der Waals surface area contributed by atoms with E-state index in [1.807, 2.05) is 0 Å². The maximum Gasteiger partial charge on any atom is 0.159 e. The molecule has 1 heterocycles. The molecule has 0 saturated heterocycles. The van der Waals surface area contributed by atoms with Crippen molar-refractivity contribution in [2.24, 2.45) is 5.92 Å². The monoisotopic (exact) mass is 725 g/mol. The van der Waals surface area contributed by atoms with Crippen LogP contribution in [0.4, 0.5) is 11.4 Å². The number of rotatable bonds is 6. The molecule has 1 aromatic heterocycles. The van der Waals surface area contributed by atoms with Crippen molar-refractivity contribution in [2.45, 2.75) is 59.3 Å². The quantitative estimate of drug-likeness (QED) is 0.159. The molecule has 0 saturated carbocycles. The molecule has 10 rings (SSSR count). The van der Waals surface area contributed by atoms with E-state index >= 15 is 0 Å². The zero-order valence-corrected chi connectivity index (χ0v) is 32.6. The highest BCUT2D eigenvalue weighted by Crippen LogP contribution is 2.47. The molecule has 6 aromatic carbocycles. The average molecular weight is 726 g/mol. The number of aryl methyl sites for hydroxylation is 1. The Morgan fingerprint density at radius 1 is 0.696 bits per heavy atom. The topological polar surface area (TPSA) is 16.4 Å². The second kappa shape index (κ2) is 14.2. The lowest BCUT2D eigenvalue weighted by atomic mass is 9.83. The summed E-state index contributed by atoms with van der Waals surface area (Å²) in [4.78, 5) is 2.53. The van der Waals surface area contributed by atoms with Crippen molar-refractivity contribution in [2.75, 3.05) is 4.90 Å². The van der Waals surface area contributed by atoms with Crippen molar-refractivity contribution < 1.29 is 4.42 Å². The van der Waals surface area contributed by atoms with Gasteiger partial charge in [-0.05, 0) is 150 Å². The highest BCUT2D eigenvalue weighted by atomic mass is 16.3. The average Bonchev–Trinajstić information content (AvgIpc) is 3.49. The van der Waals surface area contributed by atoms with Crippen LogP contribution in [0.2, 0.25) is 0 Å². The second-order valence-corrected chi connectivity index (χ2v) is 15.9. The fourth-order valence-electron chi connectivity index (χ4n) is 9.68. The van der Waals surface area contributed by atoms with Gasteiger partial charge in [0.05, 0.1) is 5.69 Å². The Kier molecular flexibility index (Phi) is 8.71. The molecule has 1 unspecified atom stereocenters. The molecule has 0 aliphatic heterocycles. The summed E-state index contributed by atoms with van der Waals surface area (Å²) in [6.45, 7) is 6.85. The van der Waals surface area contributed by atoms with Gasteiger partial charge in [0.25, 0.3) is 0 Å². The van der Waals surface area contributed by atoms with Crippen LogP contribution in [-0.2, 0) is 0 Å². The Morgan fingerprint density at radius 3 is 2.43 bits per heavy atom. The highest BCUT2D eigenvalue weighted by Gasteiger charge is 2.27. The molecule has 1 atom stereocenters. The number of benzene rings is 6. The minimum atomic E-state index is 0.433. The molecule has 3 aliphatic carbocycles. The minimum Gasteiger partial charge on any atom is -0.454 e. The lowest BCUT2D eigenvalue weighted by Crippen LogP contribution is -2.21. The Bertz CT molecular complexity index is 2900. The normalized spacial score (nSPS) is 17.2. The molecule has 7 aromatic rings. The summed E-state index contributed by atoms with van der Waals surface area (Å²) in [5.74, 6) is 0.433. The largest absolute Gasteiger partial charge is 0.454 e. The van der Waals surface area contributed by atoms with Crippen LogP contribution < -0.4 is 4.90 Å². The molecule has 0 amide bonds. The summed E-state index contributed by atoms with van der Waals surface area (Å²) in [5.41, 5.74) is 16.3. The first kappa shape index (κ1) is 34.4. The first-order valence-electron chi connectivity index (χ1n) is 20.4. The van der Waals surface area contributed by atoms with E-state index in [0.29, 0.717) is 5.92 Å². The number of hydrogen-bond acceptors (Lipinski definition) is 2. The lowest BCUT2D eigenvalue weighted by molar-refractivity contribution is 0.565. The van der Waals surface area contributed by atoms with Crippen molar-refractivity contribution in [3.8, 4) is 11.1 Å². The van der Waals surface area contributed by atoms with Gasteiger partial charge in [-0.15, -0.1) is 0 Å². The molecule has 3 aliphatic rings. The zero-order valence-electron chi connectivity index (χ0n) is 32.6. The van der Waals surface area contributed by atoms with Crippen LogP contribution in [0.3, 0.4) is 0 Å². The molecule has 0 bridgehead atoms. The molecule has 56 heavy (non-hydrogen) atoms. The van der Waals surface area contributed by atoms with Gasteiger partial charge < -0.3 is 9.32 Å². The smallest absolute Gasteiger partial charge is 0.159 e. The fraction of sp³-hybridized carbons (Fsp3) is 0.185. The van der Waals surface area contributed by atoms with E-state index in [2.05, 4.69) is 177 Å². The Morgan fingerprint density at radius 2 is 1.54 bits per heavy atom. The van der Waals surface area contributed by atoms with Crippen LogP contribution in [0.1, 0.15) is 62.1 Å². The SMILES string of the molecule is CC1=C(c2cc3ccc4ccc(N(C5=CC(C6=CC=CCC6)CCC5)c5cccc6c5oc5ccccc56)cc4c3c(-c3ccccc3C)c2C)CC=CC=C1. The predicted octanol–water partition coefficient (Wildman–Crippen LogP) is 15.6. The van der Waals surface area contributed by atoms with Gasteiger partial charge in [0.2, 0.25) is 0 Å². The van der Waals surface area contributed by atoms with Gasteiger partial charge in [-0.25, -0.2) is 0 Å². The van der Waals surface area contributed by atoms with Crippen LogP contribution >= 0.6 is 0 Å². The maximum atomic E-state index is 6.77. The number of anilines is 2. The molecular formula is C54H47NO. The second-order valence-electron chi connectivity index (χ2n) is 15.9. The highest BCUT2D eigenvalue weighted by molar-refractivity contribution is 6.17. The summed E-state index contributed by atoms with van der Waals surface area (Å²) in [6, 6.07) is 38.3. The predicted molar refractivity (Wildman–Crippen MR) is 240 cm³/mol. The van der Waals surface area contributed by atoms with Crippen molar-refractivity contribution in [3.05, 3.63) is 185 Å². The third kappa shape index (κ3) is 5.87. The molecule has 0 radical (unpaired) electrons. The van der Waals surface area contributed by atoms with Crippen molar-refractivity contribution in [1.29, 1.82) is 0 Å². The van der Waals surface area contributed by atoms with E-state index in [4.69, 9.17) is 4.42 Å². The molecule has 2 heteroatoms. The van der Waals surface area contributed by atoms with E-state index in [9.17, 15) is 0 Å². The first-order chi connectivity index (χ1) is 27.5. The van der Waals surface area contributed by atoms with Crippen molar-refractivity contribution in [3.63, 3.8) is 0 Å². The minimum absolute atomic E-state index is 0.433. The molecule has 274 valence electrons. The summed E-state index contributed by atoms with van der Waals surface area (Å²) in [6.07, 6.45) is 24.9. The van der Waals surface area contributed by atoms with Crippen LogP contribution in [0.25, 0.3) is 60.2 Å². The van der Waals surface area contributed by atoms with Gasteiger partial charge in [0.1, 0.15) is 5.58 Å². The van der Waals surface area contributed by atoms with Gasteiger partial charge in [-0.3, -0.25) is 0 Å². The van der Waals surface area contributed by atoms with Crippen molar-refractivity contribution in [1.82, 2.24) is 0 Å². The summed E-state index contributed by atoms with van der Waals surface area (Å²) in [5, 5.41) is 7.41. The Balaban J connectivity index is 1.25. The lowest BCUT2D eigenvalue weighted by Gasteiger charge is -2.33. The first-order valence-corrected chi connectivity index (χ1v) is 20.4. The molecule has 2 nitrogen and oxygen atoms in total. The van der Waals surface area contributed by atoms with E-state index < -0.39 is 0 Å². The Hall–Kier alpha value is -6.12. The third-order valence-corrected chi connectivity index (χ3v) is 12.5. The summed E-state index contributed by atoms with van der Waals surface area (Å²) < 4.78 is 6.77. The van der Waals surface area contributed by atoms with E-state index in [1.165, 1.54) is 72.6 Å². The molecule has 0 N–H and O–H groups in total. The van der Waals surface area contributed by atoms with E-state index in [-0.39, 0.29) is 0 Å².